The Morgan fingerprint density at radius 3 is 2.83 bits per heavy atom. The molecule has 0 saturated heterocycles. The van der Waals surface area contributed by atoms with E-state index in [0.29, 0.717) is 30.4 Å². The summed E-state index contributed by atoms with van der Waals surface area (Å²) < 4.78 is 16.9. The first kappa shape index (κ1) is 17.4. The van der Waals surface area contributed by atoms with Crippen molar-refractivity contribution >= 4 is 5.91 Å². The summed E-state index contributed by atoms with van der Waals surface area (Å²) in [7, 11) is 0. The Hall–Kier alpha value is -1.95. The molecule has 0 aromatic heterocycles. The summed E-state index contributed by atoms with van der Waals surface area (Å²) >= 11 is 0. The molecule has 0 radical (unpaired) electrons. The molecule has 6 heteroatoms. The molecule has 23 heavy (non-hydrogen) atoms. The number of hydrogen-bond donors (Lipinski definition) is 2. The molecule has 1 aliphatic rings. The molecule has 1 atom stereocenters. The topological polar surface area (TPSA) is 82.8 Å². The number of amides is 1. The van der Waals surface area contributed by atoms with Gasteiger partial charge in [0.2, 0.25) is 18.4 Å². The number of hydrogen-bond acceptors (Lipinski definition) is 5. The van der Waals surface area contributed by atoms with E-state index in [4.69, 9.17) is 19.9 Å². The van der Waals surface area contributed by atoms with Crippen LogP contribution in [0, 0.1) is 0 Å². The quantitative estimate of drug-likeness (QED) is 0.646. The Morgan fingerprint density at radius 2 is 2.09 bits per heavy atom. The van der Waals surface area contributed by atoms with Gasteiger partial charge in [-0.05, 0) is 19.4 Å². The minimum Gasteiger partial charge on any atom is -0.490 e. The number of ether oxygens (including phenoxy) is 3. The number of nitrogens with one attached hydrogen (secondary N) is 1. The summed E-state index contributed by atoms with van der Waals surface area (Å²) in [6.45, 7) is 5.25. The van der Waals surface area contributed by atoms with Crippen molar-refractivity contribution in [1.29, 1.82) is 0 Å². The normalized spacial score (nSPS) is 13.8. The third-order valence-corrected chi connectivity index (χ3v) is 3.85. The van der Waals surface area contributed by atoms with Crippen LogP contribution in [0.3, 0.4) is 0 Å². The molecule has 3 N–H and O–H groups in total. The molecule has 1 aliphatic heterocycles. The van der Waals surface area contributed by atoms with E-state index in [1.54, 1.807) is 6.92 Å². The van der Waals surface area contributed by atoms with E-state index in [1.807, 2.05) is 12.1 Å². The number of nitrogens with two attached hydrogens (primary N) is 1. The van der Waals surface area contributed by atoms with Gasteiger partial charge in [-0.2, -0.15) is 0 Å². The maximum Gasteiger partial charge on any atom is 0.234 e. The number of unbranched alkanes of at least 4 members (excludes halogenated alkanes) is 3. The predicted octanol–water partition coefficient (Wildman–Crippen LogP) is 2.34. The van der Waals surface area contributed by atoms with Crippen molar-refractivity contribution in [3.05, 3.63) is 17.7 Å². The van der Waals surface area contributed by atoms with Gasteiger partial charge in [-0.15, -0.1) is 0 Å². The van der Waals surface area contributed by atoms with Crippen LogP contribution in [0.25, 0.3) is 0 Å². The molecule has 1 aromatic carbocycles. The summed E-state index contributed by atoms with van der Waals surface area (Å²) in [4.78, 5) is 11.1. The van der Waals surface area contributed by atoms with Crippen molar-refractivity contribution in [2.75, 3.05) is 13.4 Å². The Labute approximate surface area is 137 Å². The maximum atomic E-state index is 11.1. The monoisotopic (exact) mass is 322 g/mol. The number of benzene rings is 1. The fourth-order valence-electron chi connectivity index (χ4n) is 2.36. The number of fused-ring (bicyclic) bond motifs is 1. The van der Waals surface area contributed by atoms with Crippen molar-refractivity contribution in [2.45, 2.75) is 52.1 Å². The average molecular weight is 322 g/mol. The average Bonchev–Trinajstić information content (AvgIpc) is 3.03. The van der Waals surface area contributed by atoms with Gasteiger partial charge in [-0.1, -0.05) is 32.3 Å². The zero-order chi connectivity index (χ0) is 16.7. The Bertz CT molecular complexity index is 534. The second-order valence-corrected chi connectivity index (χ2v) is 5.70. The van der Waals surface area contributed by atoms with E-state index in [-0.39, 0.29) is 12.7 Å². The van der Waals surface area contributed by atoms with Crippen LogP contribution in [-0.4, -0.2) is 25.3 Å². The number of carbonyl (C=O) groups excluding carboxylic acids is 1. The summed E-state index contributed by atoms with van der Waals surface area (Å²) in [5.41, 5.74) is 6.17. The van der Waals surface area contributed by atoms with Crippen molar-refractivity contribution in [2.24, 2.45) is 5.73 Å². The van der Waals surface area contributed by atoms with Gasteiger partial charge < -0.3 is 25.3 Å². The fourth-order valence-corrected chi connectivity index (χ4v) is 2.36. The third-order valence-electron chi connectivity index (χ3n) is 3.85. The molecule has 1 amide bonds. The highest BCUT2D eigenvalue weighted by molar-refractivity contribution is 5.79. The Balaban J connectivity index is 1.96. The van der Waals surface area contributed by atoms with E-state index in [1.165, 1.54) is 19.3 Å². The van der Waals surface area contributed by atoms with Crippen LogP contribution in [0.1, 0.15) is 45.1 Å². The molecule has 0 bridgehead atoms. The van der Waals surface area contributed by atoms with E-state index in [9.17, 15) is 4.79 Å². The highest BCUT2D eigenvalue weighted by Crippen LogP contribution is 2.43. The Kier molecular flexibility index (Phi) is 6.52. The van der Waals surface area contributed by atoms with Gasteiger partial charge in [0.25, 0.3) is 0 Å². The molecule has 0 spiro atoms. The van der Waals surface area contributed by atoms with Crippen LogP contribution in [-0.2, 0) is 11.3 Å². The van der Waals surface area contributed by atoms with Gasteiger partial charge in [-0.25, -0.2) is 0 Å². The fraction of sp³-hybridized carbons (Fsp3) is 0.588. The van der Waals surface area contributed by atoms with Gasteiger partial charge >= 0.3 is 0 Å². The third kappa shape index (κ3) is 4.76. The van der Waals surface area contributed by atoms with Gasteiger partial charge in [0.1, 0.15) is 0 Å². The number of rotatable bonds is 10. The van der Waals surface area contributed by atoms with Gasteiger partial charge in [-0.3, -0.25) is 4.79 Å². The van der Waals surface area contributed by atoms with Crippen LogP contribution in [0.5, 0.6) is 17.2 Å². The standard InChI is InChI=1S/C17H26N2O4/c1-3-4-5-6-9-21-14-8-7-13(10-19-12(2)17(18)20)15-16(14)23-11-22-15/h7-8,12,19H,3-6,9-11H2,1-2H3,(H2,18,20)/t12-/m0/s1. The molecular weight excluding hydrogens is 296 g/mol. The highest BCUT2D eigenvalue weighted by Gasteiger charge is 2.23. The highest BCUT2D eigenvalue weighted by atomic mass is 16.7. The van der Waals surface area contributed by atoms with Crippen molar-refractivity contribution in [3.8, 4) is 17.2 Å². The molecule has 0 unspecified atom stereocenters. The van der Waals surface area contributed by atoms with Crippen LogP contribution in [0.4, 0.5) is 0 Å². The summed E-state index contributed by atoms with van der Waals surface area (Å²) in [6.07, 6.45) is 4.63. The second-order valence-electron chi connectivity index (χ2n) is 5.70. The van der Waals surface area contributed by atoms with Crippen molar-refractivity contribution in [3.63, 3.8) is 0 Å². The Morgan fingerprint density at radius 1 is 1.30 bits per heavy atom. The van der Waals surface area contributed by atoms with E-state index in [2.05, 4.69) is 12.2 Å². The summed E-state index contributed by atoms with van der Waals surface area (Å²) in [6, 6.07) is 3.41. The zero-order valence-electron chi connectivity index (χ0n) is 13.9. The predicted molar refractivity (Wildman–Crippen MR) is 87.7 cm³/mol. The largest absolute Gasteiger partial charge is 0.490 e. The van der Waals surface area contributed by atoms with Gasteiger partial charge in [0.15, 0.2) is 11.5 Å². The molecule has 1 aromatic rings. The number of carbonyl (C=O) groups is 1. The van der Waals surface area contributed by atoms with Crippen LogP contribution < -0.4 is 25.3 Å². The number of primary amides is 1. The van der Waals surface area contributed by atoms with Crippen molar-refractivity contribution in [1.82, 2.24) is 5.32 Å². The van der Waals surface area contributed by atoms with Crippen LogP contribution in [0.15, 0.2) is 12.1 Å². The lowest BCUT2D eigenvalue weighted by molar-refractivity contribution is -0.119. The molecule has 128 valence electrons. The minimum atomic E-state index is -0.400. The lowest BCUT2D eigenvalue weighted by atomic mass is 10.1. The lowest BCUT2D eigenvalue weighted by Crippen LogP contribution is -2.38. The van der Waals surface area contributed by atoms with E-state index < -0.39 is 6.04 Å². The van der Waals surface area contributed by atoms with E-state index >= 15 is 0 Å². The first-order valence-electron chi connectivity index (χ1n) is 8.20. The molecular formula is C17H26N2O4. The zero-order valence-corrected chi connectivity index (χ0v) is 13.9. The van der Waals surface area contributed by atoms with Gasteiger partial charge in [0.05, 0.1) is 12.6 Å². The minimum absolute atomic E-state index is 0.184. The van der Waals surface area contributed by atoms with E-state index in [0.717, 1.165) is 12.0 Å². The maximum absolute atomic E-state index is 11.1. The van der Waals surface area contributed by atoms with Gasteiger partial charge in [0, 0.05) is 12.1 Å². The summed E-state index contributed by atoms with van der Waals surface area (Å²) in [5.74, 6) is 1.65. The second kappa shape index (κ2) is 8.62. The first-order valence-corrected chi connectivity index (χ1v) is 8.20. The molecule has 1 heterocycles. The van der Waals surface area contributed by atoms with Crippen LogP contribution >= 0.6 is 0 Å². The van der Waals surface area contributed by atoms with Crippen molar-refractivity contribution < 1.29 is 19.0 Å². The molecule has 2 rings (SSSR count). The SMILES string of the molecule is CCCCCCOc1ccc(CN[C@@H](C)C(N)=O)c2c1OCO2. The molecule has 0 saturated carbocycles. The molecule has 0 aliphatic carbocycles. The summed E-state index contributed by atoms with van der Waals surface area (Å²) in [5, 5.41) is 3.06. The molecule has 6 nitrogen and oxygen atoms in total. The van der Waals surface area contributed by atoms with Crippen LogP contribution in [0.2, 0.25) is 0 Å². The first-order chi connectivity index (χ1) is 11.1. The lowest BCUT2D eigenvalue weighted by Gasteiger charge is -2.13. The molecule has 0 fully saturated rings. The smallest absolute Gasteiger partial charge is 0.234 e.